The van der Waals surface area contributed by atoms with Crippen molar-refractivity contribution in [2.24, 2.45) is 0 Å². The summed E-state index contributed by atoms with van der Waals surface area (Å²) in [6, 6.07) is 7.63. The molecule has 2 rings (SSSR count). The second-order valence-corrected chi connectivity index (χ2v) is 4.71. The summed E-state index contributed by atoms with van der Waals surface area (Å²) in [4.78, 5) is 24.0. The van der Waals surface area contributed by atoms with Crippen LogP contribution in [0.2, 0.25) is 0 Å². The number of carbonyl (C=O) groups excluding carboxylic acids is 1. The number of hydrogen-bond donors (Lipinski definition) is 2. The van der Waals surface area contributed by atoms with E-state index in [9.17, 15) is 9.59 Å². The Balaban J connectivity index is 2.00. The molecule has 0 radical (unpaired) electrons. The predicted molar refractivity (Wildman–Crippen MR) is 72.4 cm³/mol. The largest absolute Gasteiger partial charge is 0.481 e. The third-order valence-electron chi connectivity index (χ3n) is 3.34. The van der Waals surface area contributed by atoms with Crippen molar-refractivity contribution < 1.29 is 14.7 Å². The molecule has 1 heterocycles. The lowest BCUT2D eigenvalue weighted by Crippen LogP contribution is -2.28. The SMILES string of the molecule is CCc1ccc(N2CC(CCC(=O)O)NC2=O)cc1. The lowest BCUT2D eigenvalue weighted by atomic mass is 10.1. The number of aliphatic carboxylic acids is 1. The molecule has 2 N–H and O–H groups in total. The van der Waals surface area contributed by atoms with Crippen molar-refractivity contribution in [3.05, 3.63) is 29.8 Å². The lowest BCUT2D eigenvalue weighted by Gasteiger charge is -2.15. The van der Waals surface area contributed by atoms with Gasteiger partial charge in [-0.05, 0) is 30.5 Å². The smallest absolute Gasteiger partial charge is 0.322 e. The van der Waals surface area contributed by atoms with E-state index in [1.54, 1.807) is 4.90 Å². The summed E-state index contributed by atoms with van der Waals surface area (Å²) in [6.07, 6.45) is 1.51. The maximum Gasteiger partial charge on any atom is 0.322 e. The Hall–Kier alpha value is -2.04. The number of nitrogens with zero attached hydrogens (tertiary/aromatic N) is 1. The average molecular weight is 262 g/mol. The molecule has 1 saturated heterocycles. The molecule has 1 aromatic carbocycles. The van der Waals surface area contributed by atoms with E-state index >= 15 is 0 Å². The number of amides is 2. The molecule has 5 nitrogen and oxygen atoms in total. The van der Waals surface area contributed by atoms with E-state index in [-0.39, 0.29) is 18.5 Å². The first kappa shape index (κ1) is 13.4. The van der Waals surface area contributed by atoms with E-state index in [0.29, 0.717) is 13.0 Å². The standard InChI is InChI=1S/C14H18N2O3/c1-2-10-3-6-12(7-4-10)16-9-11(15-14(16)19)5-8-13(17)18/h3-4,6-7,11H,2,5,8-9H2,1H3,(H,15,19)(H,17,18). The molecule has 1 atom stereocenters. The van der Waals surface area contributed by atoms with Gasteiger partial charge in [0.1, 0.15) is 0 Å². The van der Waals surface area contributed by atoms with Crippen LogP contribution in [-0.2, 0) is 11.2 Å². The summed E-state index contributed by atoms with van der Waals surface area (Å²) < 4.78 is 0. The fourth-order valence-corrected chi connectivity index (χ4v) is 2.20. The number of nitrogens with one attached hydrogen (secondary N) is 1. The van der Waals surface area contributed by atoms with Crippen molar-refractivity contribution in [3.63, 3.8) is 0 Å². The second kappa shape index (κ2) is 5.73. The Morgan fingerprint density at radius 3 is 2.68 bits per heavy atom. The molecule has 2 amide bonds. The van der Waals surface area contributed by atoms with Gasteiger partial charge in [0.15, 0.2) is 0 Å². The molecule has 1 aromatic rings. The minimum absolute atomic E-state index is 0.0769. The number of carbonyl (C=O) groups is 2. The van der Waals surface area contributed by atoms with Gasteiger partial charge in [-0.15, -0.1) is 0 Å². The highest BCUT2D eigenvalue weighted by Gasteiger charge is 2.29. The van der Waals surface area contributed by atoms with Crippen LogP contribution in [0.4, 0.5) is 10.5 Å². The first-order chi connectivity index (χ1) is 9.10. The van der Waals surface area contributed by atoms with Crippen molar-refractivity contribution in [1.82, 2.24) is 5.32 Å². The zero-order valence-electron chi connectivity index (χ0n) is 10.9. The molecular weight excluding hydrogens is 244 g/mol. The molecule has 1 fully saturated rings. The highest BCUT2D eigenvalue weighted by molar-refractivity contribution is 5.94. The van der Waals surface area contributed by atoms with E-state index in [4.69, 9.17) is 5.11 Å². The van der Waals surface area contributed by atoms with Crippen LogP contribution in [-0.4, -0.2) is 29.7 Å². The average Bonchev–Trinajstić information content (AvgIpc) is 2.78. The number of carboxylic acid groups (broad SMARTS) is 1. The molecule has 5 heteroatoms. The highest BCUT2D eigenvalue weighted by Crippen LogP contribution is 2.20. The third-order valence-corrected chi connectivity index (χ3v) is 3.34. The Morgan fingerprint density at radius 2 is 2.11 bits per heavy atom. The highest BCUT2D eigenvalue weighted by atomic mass is 16.4. The second-order valence-electron chi connectivity index (χ2n) is 4.71. The van der Waals surface area contributed by atoms with Gasteiger partial charge in [-0.3, -0.25) is 9.69 Å². The number of rotatable bonds is 5. The summed E-state index contributed by atoms with van der Waals surface area (Å²) in [5.74, 6) is -0.833. The maximum absolute atomic E-state index is 11.9. The van der Waals surface area contributed by atoms with Crippen LogP contribution in [0.25, 0.3) is 0 Å². The lowest BCUT2D eigenvalue weighted by molar-refractivity contribution is -0.137. The predicted octanol–water partition coefficient (Wildman–Crippen LogP) is 2.01. The van der Waals surface area contributed by atoms with Crippen LogP contribution < -0.4 is 10.2 Å². The van der Waals surface area contributed by atoms with Crippen molar-refractivity contribution in [1.29, 1.82) is 0 Å². The molecule has 0 aliphatic carbocycles. The van der Waals surface area contributed by atoms with Crippen LogP contribution in [0.1, 0.15) is 25.3 Å². The molecule has 0 bridgehead atoms. The van der Waals surface area contributed by atoms with Crippen LogP contribution >= 0.6 is 0 Å². The molecule has 1 aliphatic heterocycles. The van der Waals surface area contributed by atoms with Gasteiger partial charge < -0.3 is 10.4 Å². The van der Waals surface area contributed by atoms with E-state index in [1.165, 1.54) is 5.56 Å². The molecule has 19 heavy (non-hydrogen) atoms. The van der Waals surface area contributed by atoms with Crippen LogP contribution in [0.3, 0.4) is 0 Å². The van der Waals surface area contributed by atoms with Crippen LogP contribution in [0.5, 0.6) is 0 Å². The summed E-state index contributed by atoms with van der Waals surface area (Å²) in [5.41, 5.74) is 2.08. The number of aryl methyl sites for hydroxylation is 1. The van der Waals surface area contributed by atoms with Crippen LogP contribution in [0.15, 0.2) is 24.3 Å². The molecule has 0 spiro atoms. The summed E-state index contributed by atoms with van der Waals surface area (Å²) >= 11 is 0. The van der Waals surface area contributed by atoms with Crippen molar-refractivity contribution in [2.75, 3.05) is 11.4 Å². The molecule has 0 aromatic heterocycles. The Bertz CT molecular complexity index is 470. The quantitative estimate of drug-likeness (QED) is 0.852. The summed E-state index contributed by atoms with van der Waals surface area (Å²) in [6.45, 7) is 2.61. The zero-order chi connectivity index (χ0) is 13.8. The van der Waals surface area contributed by atoms with E-state index in [1.807, 2.05) is 24.3 Å². The Kier molecular flexibility index (Phi) is 4.04. The van der Waals surface area contributed by atoms with E-state index < -0.39 is 5.97 Å². The van der Waals surface area contributed by atoms with Crippen LogP contribution in [0, 0.1) is 0 Å². The number of benzene rings is 1. The van der Waals surface area contributed by atoms with Gasteiger partial charge in [0, 0.05) is 24.7 Å². The van der Waals surface area contributed by atoms with Crippen molar-refractivity contribution in [2.45, 2.75) is 32.2 Å². The van der Waals surface area contributed by atoms with E-state index in [0.717, 1.165) is 12.1 Å². The molecule has 0 saturated carbocycles. The minimum Gasteiger partial charge on any atom is -0.481 e. The number of hydrogen-bond acceptors (Lipinski definition) is 2. The molecule has 102 valence electrons. The van der Waals surface area contributed by atoms with Gasteiger partial charge in [0.05, 0.1) is 0 Å². The summed E-state index contributed by atoms with van der Waals surface area (Å²) in [7, 11) is 0. The van der Waals surface area contributed by atoms with Crippen molar-refractivity contribution >= 4 is 17.7 Å². The van der Waals surface area contributed by atoms with Gasteiger partial charge in [-0.1, -0.05) is 19.1 Å². The first-order valence-corrected chi connectivity index (χ1v) is 6.49. The Morgan fingerprint density at radius 1 is 1.42 bits per heavy atom. The maximum atomic E-state index is 11.9. The minimum atomic E-state index is -0.833. The normalized spacial score (nSPS) is 18.5. The van der Waals surface area contributed by atoms with E-state index in [2.05, 4.69) is 12.2 Å². The third kappa shape index (κ3) is 3.24. The van der Waals surface area contributed by atoms with Gasteiger partial charge in [0.2, 0.25) is 0 Å². The van der Waals surface area contributed by atoms with Gasteiger partial charge in [-0.2, -0.15) is 0 Å². The number of anilines is 1. The monoisotopic (exact) mass is 262 g/mol. The summed E-state index contributed by atoms with van der Waals surface area (Å²) in [5, 5.41) is 11.5. The Labute approximate surface area is 112 Å². The van der Waals surface area contributed by atoms with Gasteiger partial charge in [-0.25, -0.2) is 4.79 Å². The topological polar surface area (TPSA) is 69.6 Å². The zero-order valence-corrected chi connectivity index (χ0v) is 10.9. The van der Waals surface area contributed by atoms with Crippen molar-refractivity contribution in [3.8, 4) is 0 Å². The number of urea groups is 1. The number of carboxylic acids is 1. The fraction of sp³-hybridized carbons (Fsp3) is 0.429. The first-order valence-electron chi connectivity index (χ1n) is 6.49. The molecule has 1 unspecified atom stereocenters. The van der Waals surface area contributed by atoms with Gasteiger partial charge in [0.25, 0.3) is 0 Å². The molecule has 1 aliphatic rings. The van der Waals surface area contributed by atoms with Gasteiger partial charge >= 0.3 is 12.0 Å². The molecular formula is C14H18N2O3. The fourth-order valence-electron chi connectivity index (χ4n) is 2.20.